The second-order valence-electron chi connectivity index (χ2n) is 6.05. The van der Waals surface area contributed by atoms with Gasteiger partial charge in [0, 0.05) is 17.3 Å². The van der Waals surface area contributed by atoms with Crippen molar-refractivity contribution in [2.45, 2.75) is 20.4 Å². The van der Waals surface area contributed by atoms with Crippen LogP contribution in [0.5, 0.6) is 0 Å². The van der Waals surface area contributed by atoms with E-state index < -0.39 is 0 Å². The van der Waals surface area contributed by atoms with E-state index in [2.05, 4.69) is 20.6 Å². The summed E-state index contributed by atoms with van der Waals surface area (Å²) in [5, 5.41) is 6.63. The molecule has 0 spiro atoms. The lowest BCUT2D eigenvalue weighted by atomic mass is 10.1. The standard InChI is InChI=1S/C20H19ClN4O/c1-13-4-3-5-15(8-13)10-24-20(26)18-11-23-19(12-22-18)25-16-7-6-14(2)17(21)9-16/h3-9,11-12H,10H2,1-2H3,(H,23,25)(H,24,26). The molecule has 0 aliphatic carbocycles. The van der Waals surface area contributed by atoms with Gasteiger partial charge in [-0.15, -0.1) is 0 Å². The van der Waals surface area contributed by atoms with Crippen molar-refractivity contribution in [1.82, 2.24) is 15.3 Å². The molecular formula is C20H19ClN4O. The molecule has 0 saturated heterocycles. The van der Waals surface area contributed by atoms with E-state index >= 15 is 0 Å². The molecule has 0 unspecified atom stereocenters. The smallest absolute Gasteiger partial charge is 0.271 e. The van der Waals surface area contributed by atoms with Crippen LogP contribution in [0.25, 0.3) is 0 Å². The van der Waals surface area contributed by atoms with E-state index in [0.29, 0.717) is 17.4 Å². The highest BCUT2D eigenvalue weighted by molar-refractivity contribution is 6.31. The number of amides is 1. The quantitative estimate of drug-likeness (QED) is 0.701. The molecule has 3 aromatic rings. The largest absolute Gasteiger partial charge is 0.347 e. The fourth-order valence-electron chi connectivity index (χ4n) is 2.42. The second-order valence-corrected chi connectivity index (χ2v) is 6.45. The van der Waals surface area contributed by atoms with Gasteiger partial charge < -0.3 is 10.6 Å². The van der Waals surface area contributed by atoms with Crippen LogP contribution >= 0.6 is 11.6 Å². The summed E-state index contributed by atoms with van der Waals surface area (Å²) < 4.78 is 0. The van der Waals surface area contributed by atoms with Gasteiger partial charge in [0.2, 0.25) is 0 Å². The number of benzene rings is 2. The van der Waals surface area contributed by atoms with Crippen molar-refractivity contribution in [1.29, 1.82) is 0 Å². The number of aryl methyl sites for hydroxylation is 2. The molecule has 26 heavy (non-hydrogen) atoms. The summed E-state index contributed by atoms with van der Waals surface area (Å²) in [5.41, 5.74) is 4.28. The van der Waals surface area contributed by atoms with Crippen LogP contribution in [-0.2, 0) is 6.54 Å². The number of rotatable bonds is 5. The Hall–Kier alpha value is -2.92. The highest BCUT2D eigenvalue weighted by Gasteiger charge is 2.08. The fraction of sp³-hybridized carbons (Fsp3) is 0.150. The van der Waals surface area contributed by atoms with Crippen LogP contribution in [0.2, 0.25) is 5.02 Å². The zero-order chi connectivity index (χ0) is 18.5. The van der Waals surface area contributed by atoms with Crippen molar-refractivity contribution in [3.63, 3.8) is 0 Å². The van der Waals surface area contributed by atoms with Crippen molar-refractivity contribution in [2.24, 2.45) is 0 Å². The Morgan fingerprint density at radius 3 is 2.62 bits per heavy atom. The first-order valence-corrected chi connectivity index (χ1v) is 8.58. The summed E-state index contributed by atoms with van der Waals surface area (Å²) in [7, 11) is 0. The third-order valence-corrected chi connectivity index (χ3v) is 4.27. The molecular weight excluding hydrogens is 348 g/mol. The number of carbonyl (C=O) groups excluding carboxylic acids is 1. The fourth-order valence-corrected chi connectivity index (χ4v) is 2.60. The number of nitrogens with one attached hydrogen (secondary N) is 2. The minimum Gasteiger partial charge on any atom is -0.347 e. The van der Waals surface area contributed by atoms with Gasteiger partial charge in [-0.3, -0.25) is 4.79 Å². The van der Waals surface area contributed by atoms with Gasteiger partial charge in [-0.05, 0) is 37.1 Å². The molecule has 0 aliphatic heterocycles. The number of anilines is 2. The number of hydrogen-bond donors (Lipinski definition) is 2. The second kappa shape index (κ2) is 7.97. The maximum atomic E-state index is 12.2. The zero-order valence-electron chi connectivity index (χ0n) is 14.6. The maximum Gasteiger partial charge on any atom is 0.271 e. The van der Waals surface area contributed by atoms with Crippen LogP contribution in [0.3, 0.4) is 0 Å². The molecule has 0 atom stereocenters. The van der Waals surface area contributed by atoms with Gasteiger partial charge in [-0.1, -0.05) is 47.5 Å². The molecule has 0 saturated carbocycles. The molecule has 6 heteroatoms. The maximum absolute atomic E-state index is 12.2. The van der Waals surface area contributed by atoms with Crippen LogP contribution in [0.4, 0.5) is 11.5 Å². The Bertz CT molecular complexity index is 925. The van der Waals surface area contributed by atoms with Crippen LogP contribution < -0.4 is 10.6 Å². The van der Waals surface area contributed by atoms with E-state index in [4.69, 9.17) is 11.6 Å². The minimum absolute atomic E-state index is 0.260. The topological polar surface area (TPSA) is 66.9 Å². The van der Waals surface area contributed by atoms with Gasteiger partial charge in [-0.25, -0.2) is 9.97 Å². The predicted molar refractivity (Wildman–Crippen MR) is 104 cm³/mol. The van der Waals surface area contributed by atoms with Crippen molar-refractivity contribution >= 4 is 29.0 Å². The Balaban J connectivity index is 1.61. The molecule has 1 aromatic heterocycles. The molecule has 2 aromatic carbocycles. The first kappa shape index (κ1) is 17.9. The number of hydrogen-bond acceptors (Lipinski definition) is 4. The van der Waals surface area contributed by atoms with E-state index in [1.807, 2.05) is 56.3 Å². The van der Waals surface area contributed by atoms with E-state index in [9.17, 15) is 4.79 Å². The Labute approximate surface area is 157 Å². The molecule has 132 valence electrons. The third kappa shape index (κ3) is 4.58. The van der Waals surface area contributed by atoms with Crippen LogP contribution in [0.15, 0.2) is 54.9 Å². The van der Waals surface area contributed by atoms with Crippen LogP contribution in [0.1, 0.15) is 27.2 Å². The summed E-state index contributed by atoms with van der Waals surface area (Å²) in [6.45, 7) is 4.41. The molecule has 1 amide bonds. The van der Waals surface area contributed by atoms with E-state index in [0.717, 1.165) is 22.4 Å². The first-order valence-electron chi connectivity index (χ1n) is 8.20. The lowest BCUT2D eigenvalue weighted by Crippen LogP contribution is -2.24. The Morgan fingerprint density at radius 1 is 1.08 bits per heavy atom. The molecule has 2 N–H and O–H groups in total. The molecule has 0 fully saturated rings. The van der Waals surface area contributed by atoms with E-state index in [1.165, 1.54) is 12.4 Å². The van der Waals surface area contributed by atoms with Gasteiger partial charge in [0.15, 0.2) is 0 Å². The summed E-state index contributed by atoms with van der Waals surface area (Å²) in [5.74, 6) is 0.282. The first-order chi connectivity index (χ1) is 12.5. The number of aromatic nitrogens is 2. The lowest BCUT2D eigenvalue weighted by molar-refractivity contribution is 0.0945. The number of carbonyl (C=O) groups is 1. The lowest BCUT2D eigenvalue weighted by Gasteiger charge is -2.08. The molecule has 0 radical (unpaired) electrons. The highest BCUT2D eigenvalue weighted by Crippen LogP contribution is 2.22. The Morgan fingerprint density at radius 2 is 1.92 bits per heavy atom. The summed E-state index contributed by atoms with van der Waals surface area (Å²) >= 11 is 6.11. The molecule has 1 heterocycles. The highest BCUT2D eigenvalue weighted by atomic mass is 35.5. The monoisotopic (exact) mass is 366 g/mol. The van der Waals surface area contributed by atoms with Crippen molar-refractivity contribution in [3.8, 4) is 0 Å². The van der Waals surface area contributed by atoms with E-state index in [-0.39, 0.29) is 11.6 Å². The van der Waals surface area contributed by atoms with Crippen LogP contribution in [0, 0.1) is 13.8 Å². The molecule has 0 aliphatic rings. The third-order valence-electron chi connectivity index (χ3n) is 3.86. The van der Waals surface area contributed by atoms with Crippen LogP contribution in [-0.4, -0.2) is 15.9 Å². The predicted octanol–water partition coefficient (Wildman–Crippen LogP) is 4.42. The van der Waals surface area contributed by atoms with Gasteiger partial charge in [0.1, 0.15) is 11.5 Å². The molecule has 3 rings (SSSR count). The normalized spacial score (nSPS) is 10.4. The average Bonchev–Trinajstić information content (AvgIpc) is 2.63. The SMILES string of the molecule is Cc1cccc(CNC(=O)c2cnc(Nc3ccc(C)c(Cl)c3)cn2)c1. The average molecular weight is 367 g/mol. The minimum atomic E-state index is -0.260. The van der Waals surface area contributed by atoms with Gasteiger partial charge in [0.05, 0.1) is 12.4 Å². The van der Waals surface area contributed by atoms with Crippen molar-refractivity contribution in [3.05, 3.63) is 82.3 Å². The molecule has 0 bridgehead atoms. The van der Waals surface area contributed by atoms with Gasteiger partial charge >= 0.3 is 0 Å². The Kier molecular flexibility index (Phi) is 5.49. The summed E-state index contributed by atoms with van der Waals surface area (Å²) in [4.78, 5) is 20.6. The summed E-state index contributed by atoms with van der Waals surface area (Å²) in [6.07, 6.45) is 2.97. The number of halogens is 1. The number of nitrogens with zero attached hydrogens (tertiary/aromatic N) is 2. The van der Waals surface area contributed by atoms with Crippen molar-refractivity contribution in [2.75, 3.05) is 5.32 Å². The molecule has 5 nitrogen and oxygen atoms in total. The van der Waals surface area contributed by atoms with Gasteiger partial charge in [-0.2, -0.15) is 0 Å². The van der Waals surface area contributed by atoms with Crippen molar-refractivity contribution < 1.29 is 4.79 Å². The summed E-state index contributed by atoms with van der Waals surface area (Å²) in [6, 6.07) is 13.6. The van der Waals surface area contributed by atoms with E-state index in [1.54, 1.807) is 0 Å². The zero-order valence-corrected chi connectivity index (χ0v) is 15.3. The van der Waals surface area contributed by atoms with Gasteiger partial charge in [0.25, 0.3) is 5.91 Å².